The van der Waals surface area contributed by atoms with Crippen LogP contribution in [0.15, 0.2) is 92.1 Å². The van der Waals surface area contributed by atoms with Crippen molar-refractivity contribution in [3.05, 3.63) is 92.1 Å². The highest BCUT2D eigenvalue weighted by Crippen LogP contribution is 2.76. The van der Waals surface area contributed by atoms with Gasteiger partial charge in [-0.25, -0.2) is 0 Å². The molecule has 0 aromatic rings. The molecule has 17 aliphatic carbocycles. The van der Waals surface area contributed by atoms with Crippen molar-refractivity contribution >= 4 is 105 Å². The predicted octanol–water partition coefficient (Wildman–Crippen LogP) is 17.3. The number of epoxide rings is 1. The van der Waals surface area contributed by atoms with Crippen LogP contribution in [0.1, 0.15) is 246 Å². The van der Waals surface area contributed by atoms with Gasteiger partial charge in [0, 0.05) is 94.0 Å². The Labute approximate surface area is 680 Å². The number of halogens is 3. The van der Waals surface area contributed by atoms with Crippen LogP contribution < -0.4 is 0 Å². The van der Waals surface area contributed by atoms with Crippen LogP contribution in [0.3, 0.4) is 0 Å². The summed E-state index contributed by atoms with van der Waals surface area (Å²) in [5.74, 6) is 3.04. The van der Waals surface area contributed by atoms with Gasteiger partial charge in [-0.15, -0.1) is 0 Å². The quantitative estimate of drug-likeness (QED) is 0.124. The molecule has 0 aromatic carbocycles. The van der Waals surface area contributed by atoms with Gasteiger partial charge in [0.25, 0.3) is 0 Å². The van der Waals surface area contributed by atoms with E-state index in [1.54, 1.807) is 45.9 Å². The minimum absolute atomic E-state index is 0.0144. The van der Waals surface area contributed by atoms with Gasteiger partial charge in [-0.1, -0.05) is 114 Å². The Morgan fingerprint density at radius 3 is 1.25 bits per heavy atom. The van der Waals surface area contributed by atoms with E-state index in [0.717, 1.165) is 113 Å². The summed E-state index contributed by atoms with van der Waals surface area (Å²) in [4.78, 5) is 147. The second kappa shape index (κ2) is 27.5. The van der Waals surface area contributed by atoms with Crippen LogP contribution >= 0.6 is 34.8 Å². The minimum atomic E-state index is -1.05. The molecular formula is C93H115Cl3O17. The Morgan fingerprint density at radius 2 is 0.779 bits per heavy atom. The maximum atomic E-state index is 12.8. The summed E-state index contributed by atoms with van der Waals surface area (Å²) in [7, 11) is 0. The molecule has 113 heavy (non-hydrogen) atoms. The van der Waals surface area contributed by atoms with Gasteiger partial charge in [0.1, 0.15) is 6.10 Å². The highest BCUT2D eigenvalue weighted by molar-refractivity contribution is 6.33. The minimum Gasteiger partial charge on any atom is -0.451 e. The van der Waals surface area contributed by atoms with Gasteiger partial charge in [-0.2, -0.15) is 0 Å². The van der Waals surface area contributed by atoms with E-state index in [2.05, 4.69) is 73.6 Å². The van der Waals surface area contributed by atoms with Crippen LogP contribution in [0.2, 0.25) is 0 Å². The number of ether oxygens (including phenoxy) is 5. The van der Waals surface area contributed by atoms with Crippen LogP contribution in [0.4, 0.5) is 0 Å². The summed E-state index contributed by atoms with van der Waals surface area (Å²) in [6, 6.07) is 0. The molecule has 0 radical (unpaired) electrons. The van der Waals surface area contributed by atoms with E-state index in [4.69, 9.17) is 58.5 Å². The predicted molar refractivity (Wildman–Crippen MR) is 423 cm³/mol. The molecule has 1 saturated heterocycles. The topological polar surface area (TPSA) is 254 Å². The van der Waals surface area contributed by atoms with E-state index in [9.17, 15) is 57.5 Å². The summed E-state index contributed by atoms with van der Waals surface area (Å²) >= 11 is 20.2. The molecule has 17 nitrogen and oxygen atoms in total. The molecule has 0 aromatic heterocycles. The second-order valence-corrected chi connectivity index (χ2v) is 41.0. The van der Waals surface area contributed by atoms with Gasteiger partial charge in [0.15, 0.2) is 68.7 Å². The number of ketones is 8. The zero-order chi connectivity index (χ0) is 82.0. The summed E-state index contributed by atoms with van der Waals surface area (Å²) in [5.41, 5.74) is -1.94. The largest absolute Gasteiger partial charge is 0.451 e. The van der Waals surface area contributed by atoms with Gasteiger partial charge >= 0.3 is 23.9 Å². The number of hydrogen-bond acceptors (Lipinski definition) is 17. The lowest BCUT2D eigenvalue weighted by Crippen LogP contribution is -2.59. The molecule has 0 spiro atoms. The van der Waals surface area contributed by atoms with Crippen molar-refractivity contribution in [3.63, 3.8) is 0 Å². The average molecular weight is 1610 g/mol. The number of carbonyl (C=O) groups excluding carboxylic acids is 12. The molecule has 11 fully saturated rings. The van der Waals surface area contributed by atoms with E-state index in [1.807, 2.05) is 18.2 Å². The molecule has 20 heteroatoms. The van der Waals surface area contributed by atoms with Gasteiger partial charge in [-0.3, -0.25) is 57.5 Å². The maximum absolute atomic E-state index is 12.8. The first kappa shape index (κ1) is 82.1. The van der Waals surface area contributed by atoms with Crippen molar-refractivity contribution in [3.8, 4) is 0 Å². The molecular weight excluding hydrogens is 1500 g/mol. The molecule has 0 bridgehead atoms. The third-order valence-corrected chi connectivity index (χ3v) is 36.5. The summed E-state index contributed by atoms with van der Waals surface area (Å²) in [5, 5.41) is 2.04. The molecule has 0 amide bonds. The number of fused-ring (bicyclic) bond motifs is 25. The van der Waals surface area contributed by atoms with Crippen molar-refractivity contribution in [2.45, 2.75) is 280 Å². The molecule has 1 aliphatic heterocycles. The Balaban J connectivity index is 0.000000119. The lowest BCUT2D eigenvalue weighted by molar-refractivity contribution is -0.187. The van der Waals surface area contributed by atoms with E-state index < -0.39 is 33.8 Å². The molecule has 14 unspecified atom stereocenters. The molecule has 28 atom stereocenters. The maximum Gasteiger partial charge on any atom is 0.303 e. The average Bonchev–Trinajstić information content (AvgIpc) is 1.54. The molecule has 18 aliphatic rings. The molecule has 18 rings (SSSR count). The number of hydrogen-bond donors (Lipinski definition) is 0. The standard InChI is InChI=1S/C24H29ClO4.C23H29ClO4.C23H27ClO4.C23H30O5/c1-12(26)24(29-13(2)27)8-6-16-14-10-20(25)19-11-21(28)15-9-18(15)23(19,4)17(14)5-7-22(16,24)3;2*1-13(25)23(28-14(2)26)10-7-18-16-12-20(24)19-11-15(27)5-8-21(19,3)17(16)6-9-22(18,23)4;1-12(24)23(28-13(2)25)10-7-16-18-15(6-9-22(16,23)4)21(3)8-5-14(26)11-17(21)19-20(18)27-19/h10-11,14-18H,5-9H2,1-4H3;11-12,16-18H,5-10H2,1-4H3;5,8,11-12,16-18H,6-7,9-10H2,1-4H3;11,15-16,18-20H,5-10H2,1-4H3/t14?,15-,16?,17?,18?,22+,23+,24+;2*16?,17?,18?,21-,22+,23+;15?,16?,18?,19?,20-,21+,22-,23-/m1110/s1. The first-order valence-corrected chi connectivity index (χ1v) is 43.3. The molecule has 610 valence electrons. The third kappa shape index (κ3) is 11.6. The monoisotopic (exact) mass is 1610 g/mol. The zero-order valence-corrected chi connectivity index (χ0v) is 71.1. The summed E-state index contributed by atoms with van der Waals surface area (Å²) in [6.07, 6.45) is 34.1. The number of rotatable bonds is 8. The van der Waals surface area contributed by atoms with Crippen molar-refractivity contribution in [1.29, 1.82) is 0 Å². The van der Waals surface area contributed by atoms with Gasteiger partial charge in [0.05, 0.1) is 6.10 Å². The molecule has 1 heterocycles. The fourth-order valence-corrected chi connectivity index (χ4v) is 31.0. The van der Waals surface area contributed by atoms with E-state index in [1.165, 1.54) is 33.3 Å². The zero-order valence-electron chi connectivity index (χ0n) is 68.9. The van der Waals surface area contributed by atoms with Crippen LogP contribution in [-0.2, 0) is 81.2 Å². The van der Waals surface area contributed by atoms with Gasteiger partial charge < -0.3 is 23.7 Å². The lowest BCUT2D eigenvalue weighted by atomic mass is 9.46. The summed E-state index contributed by atoms with van der Waals surface area (Å²) < 4.78 is 29.4. The fraction of sp³-hybridized carbons (Fsp3) is 0.699. The Bertz CT molecular complexity index is 4510. The Kier molecular flexibility index (Phi) is 20.0. The fourth-order valence-electron chi connectivity index (χ4n) is 29.8. The molecule has 10 saturated carbocycles. The van der Waals surface area contributed by atoms with Crippen LogP contribution in [0.25, 0.3) is 0 Å². The number of carbonyl (C=O) groups is 12. The van der Waals surface area contributed by atoms with E-state index in [-0.39, 0.29) is 156 Å². The smallest absolute Gasteiger partial charge is 0.303 e. The number of Topliss-reactive ketones (excluding diaryl/α,β-unsaturated/α-hetero) is 4. The highest BCUT2D eigenvalue weighted by Gasteiger charge is 2.76. The number of esters is 4. The van der Waals surface area contributed by atoms with Crippen LogP contribution in [-0.4, -0.2) is 105 Å². The van der Waals surface area contributed by atoms with Crippen molar-refractivity contribution in [2.24, 2.45) is 126 Å². The van der Waals surface area contributed by atoms with E-state index in [0.29, 0.717) is 95.0 Å². The first-order valence-electron chi connectivity index (χ1n) is 42.1. The third-order valence-electron chi connectivity index (χ3n) is 35.5. The number of allylic oxidation sites excluding steroid dienone is 14. The van der Waals surface area contributed by atoms with Gasteiger partial charge in [0.2, 0.25) is 0 Å². The van der Waals surface area contributed by atoms with Crippen LogP contribution in [0.5, 0.6) is 0 Å². The van der Waals surface area contributed by atoms with Gasteiger partial charge in [-0.05, 0) is 290 Å². The first-order chi connectivity index (χ1) is 52.8. The SMILES string of the molecule is CC(=O)O[C@]1(C(C)=O)CCC2C3C(CC[C@@]21C)[C@@]1(C)CCC(=O)C=C1C1O[C@H]13.CC(=O)O[C@]1(C(C)=O)CCC2C3C=C(Cl)C4=CC(=O)C=C[C@]4(C)C3CC[C@@]21C.CC(=O)O[C@]1(C(C)=O)CCC2C3C=C(Cl)C4=CC(=O)CC[C@]4(C)C3CC[C@@]21C.CC(=O)O[C@]1(C(C)=O)CCC2C3C=C(Cl)C4=CC(=O)[C@@H]5CC5[C@]4(C)C3CC[C@@]21C. The normalized spacial score (nSPS) is 47.4. The van der Waals surface area contributed by atoms with Crippen molar-refractivity contribution in [1.82, 2.24) is 0 Å². The molecule has 0 N–H and O–H groups in total. The highest BCUT2D eigenvalue weighted by atomic mass is 35.5. The van der Waals surface area contributed by atoms with Crippen molar-refractivity contribution in [2.75, 3.05) is 0 Å². The second-order valence-electron chi connectivity index (χ2n) is 39.8. The van der Waals surface area contributed by atoms with Crippen molar-refractivity contribution < 1.29 is 81.2 Å². The van der Waals surface area contributed by atoms with E-state index >= 15 is 0 Å². The van der Waals surface area contributed by atoms with Crippen LogP contribution in [0, 0.1) is 126 Å². The summed E-state index contributed by atoms with van der Waals surface area (Å²) in [6.45, 7) is 29.4. The Hall–Kier alpha value is -6.01. The Morgan fingerprint density at radius 1 is 0.398 bits per heavy atom. The lowest BCUT2D eigenvalue weighted by Gasteiger charge is -2.57.